The molecule has 7 heteroatoms. The zero-order chi connectivity index (χ0) is 22.6. The summed E-state index contributed by atoms with van der Waals surface area (Å²) in [5.74, 6) is -0.728. The molecule has 7 nitrogen and oxygen atoms in total. The van der Waals surface area contributed by atoms with E-state index in [0.717, 1.165) is 32.6 Å². The van der Waals surface area contributed by atoms with Gasteiger partial charge < -0.3 is 15.2 Å². The zero-order valence-corrected chi connectivity index (χ0v) is 18.4. The average Bonchev–Trinajstić information content (AvgIpc) is 3.28. The van der Waals surface area contributed by atoms with Crippen molar-refractivity contribution in [3.05, 3.63) is 71.4 Å². The Bertz CT molecular complexity index is 1230. The van der Waals surface area contributed by atoms with E-state index in [1.165, 1.54) is 0 Å². The largest absolute Gasteiger partial charge is 0.356 e. The predicted octanol–water partition coefficient (Wildman–Crippen LogP) is 3.47. The lowest BCUT2D eigenvalue weighted by Gasteiger charge is -2.36. The molecule has 1 aromatic heterocycles. The van der Waals surface area contributed by atoms with Gasteiger partial charge in [0.15, 0.2) is 5.54 Å². The molecule has 2 aliphatic heterocycles. The first-order valence-corrected chi connectivity index (χ1v) is 10.9. The summed E-state index contributed by atoms with van der Waals surface area (Å²) in [4.78, 5) is 46.1. The summed E-state index contributed by atoms with van der Waals surface area (Å²) in [6.45, 7) is 5.70. The maximum atomic E-state index is 13.7. The highest BCUT2D eigenvalue weighted by atomic mass is 16.2. The molecule has 1 saturated heterocycles. The van der Waals surface area contributed by atoms with E-state index in [9.17, 15) is 14.4 Å². The zero-order valence-electron chi connectivity index (χ0n) is 18.4. The van der Waals surface area contributed by atoms with Crippen LogP contribution < -0.4 is 5.32 Å². The molecule has 0 spiro atoms. The van der Waals surface area contributed by atoms with Gasteiger partial charge in [0.25, 0.3) is 5.91 Å². The number of aromatic nitrogens is 1. The number of carbonyl (C=O) groups is 3. The quantitative estimate of drug-likeness (QED) is 0.622. The normalized spacial score (nSPS) is 22.0. The molecule has 164 valence electrons. The number of benzene rings is 2. The van der Waals surface area contributed by atoms with Crippen molar-refractivity contribution in [2.24, 2.45) is 0 Å². The molecule has 0 bridgehead atoms. The number of hydrogen-bond acceptors (Lipinski definition) is 3. The van der Waals surface area contributed by atoms with Gasteiger partial charge in [-0.15, -0.1) is 0 Å². The number of H-pyrrole nitrogens is 1. The number of nitrogens with one attached hydrogen (secondary N) is 2. The Morgan fingerprint density at radius 3 is 2.50 bits per heavy atom. The van der Waals surface area contributed by atoms with Crippen LogP contribution in [0.5, 0.6) is 0 Å². The SMILES string of the molecule is C[C@H](NC(=O)[C@H](C)N1C(=O)N2CCc3c([nH]c4ccccc34)[C@@]2(C)C1=O)c1ccccc1. The summed E-state index contributed by atoms with van der Waals surface area (Å²) in [6, 6.07) is 15.9. The van der Waals surface area contributed by atoms with E-state index in [1.54, 1.807) is 18.7 Å². The van der Waals surface area contributed by atoms with Gasteiger partial charge in [-0.3, -0.25) is 9.59 Å². The molecule has 32 heavy (non-hydrogen) atoms. The topological polar surface area (TPSA) is 85.5 Å². The first-order valence-electron chi connectivity index (χ1n) is 10.9. The van der Waals surface area contributed by atoms with E-state index in [-0.39, 0.29) is 17.9 Å². The Morgan fingerprint density at radius 2 is 1.75 bits per heavy atom. The van der Waals surface area contributed by atoms with Gasteiger partial charge in [0, 0.05) is 17.4 Å². The first-order chi connectivity index (χ1) is 15.3. The third-order valence-corrected chi connectivity index (χ3v) is 6.92. The highest BCUT2D eigenvalue weighted by Gasteiger charge is 2.60. The number of rotatable bonds is 4. The number of para-hydroxylation sites is 1. The van der Waals surface area contributed by atoms with Crippen LogP contribution in [-0.2, 0) is 21.5 Å². The van der Waals surface area contributed by atoms with Gasteiger partial charge in [0.05, 0.1) is 11.7 Å². The van der Waals surface area contributed by atoms with Crippen LogP contribution in [0.25, 0.3) is 10.9 Å². The van der Waals surface area contributed by atoms with E-state index in [2.05, 4.69) is 10.3 Å². The molecule has 0 aliphatic carbocycles. The molecule has 1 fully saturated rings. The molecule has 2 aromatic carbocycles. The first kappa shape index (κ1) is 20.3. The third kappa shape index (κ3) is 2.77. The summed E-state index contributed by atoms with van der Waals surface area (Å²) in [6.07, 6.45) is 0.660. The molecule has 0 unspecified atom stereocenters. The molecule has 0 radical (unpaired) electrons. The van der Waals surface area contributed by atoms with E-state index >= 15 is 0 Å². The van der Waals surface area contributed by atoms with Crippen molar-refractivity contribution in [2.75, 3.05) is 6.54 Å². The Morgan fingerprint density at radius 1 is 1.06 bits per heavy atom. The minimum atomic E-state index is -1.15. The fraction of sp³-hybridized carbons (Fsp3) is 0.320. The number of nitrogens with zero attached hydrogens (tertiary/aromatic N) is 2. The number of hydrogen-bond donors (Lipinski definition) is 2. The van der Waals surface area contributed by atoms with Gasteiger partial charge in [-0.05, 0) is 44.4 Å². The van der Waals surface area contributed by atoms with Gasteiger partial charge >= 0.3 is 6.03 Å². The van der Waals surface area contributed by atoms with E-state index in [4.69, 9.17) is 0 Å². The second-order valence-corrected chi connectivity index (χ2v) is 8.77. The molecule has 5 rings (SSSR count). The van der Waals surface area contributed by atoms with Crippen LogP contribution in [0.4, 0.5) is 4.79 Å². The van der Waals surface area contributed by atoms with Crippen molar-refractivity contribution in [3.8, 4) is 0 Å². The number of imide groups is 1. The Labute approximate surface area is 186 Å². The van der Waals surface area contributed by atoms with Crippen molar-refractivity contribution in [3.63, 3.8) is 0 Å². The second kappa shape index (κ2) is 7.22. The number of carbonyl (C=O) groups excluding carboxylic acids is 3. The lowest BCUT2D eigenvalue weighted by atomic mass is 9.87. The van der Waals surface area contributed by atoms with Crippen LogP contribution in [0.3, 0.4) is 0 Å². The average molecular weight is 431 g/mol. The number of amides is 4. The van der Waals surface area contributed by atoms with Crippen molar-refractivity contribution < 1.29 is 14.4 Å². The minimum Gasteiger partial charge on any atom is -0.356 e. The smallest absolute Gasteiger partial charge is 0.328 e. The van der Waals surface area contributed by atoms with Gasteiger partial charge in [-0.1, -0.05) is 48.5 Å². The summed E-state index contributed by atoms with van der Waals surface area (Å²) >= 11 is 0. The fourth-order valence-electron chi connectivity index (χ4n) is 5.04. The predicted molar refractivity (Wildman–Crippen MR) is 121 cm³/mol. The second-order valence-electron chi connectivity index (χ2n) is 8.77. The molecule has 4 amide bonds. The summed E-state index contributed by atoms with van der Waals surface area (Å²) in [5.41, 5.74) is 2.57. The lowest BCUT2D eigenvalue weighted by molar-refractivity contribution is -0.139. The number of aromatic amines is 1. The maximum Gasteiger partial charge on any atom is 0.328 e. The van der Waals surface area contributed by atoms with Gasteiger partial charge in [-0.25, -0.2) is 9.69 Å². The molecule has 3 atom stereocenters. The summed E-state index contributed by atoms with van der Waals surface area (Å²) < 4.78 is 0. The van der Waals surface area contributed by atoms with Crippen LogP contribution in [0.1, 0.15) is 43.6 Å². The maximum absolute atomic E-state index is 13.7. The summed E-state index contributed by atoms with van der Waals surface area (Å²) in [5, 5.41) is 4.01. The fourth-order valence-corrected chi connectivity index (χ4v) is 5.04. The standard InChI is InChI=1S/C25H26N4O3/c1-15(17-9-5-4-6-10-17)26-22(30)16(2)29-23(31)25(3)21-19(13-14-28(25)24(29)32)18-11-7-8-12-20(18)27-21/h4-12,15-16,27H,13-14H2,1-3H3,(H,26,30)/t15-,16-,25-/m0/s1. The highest BCUT2D eigenvalue weighted by Crippen LogP contribution is 2.44. The van der Waals surface area contributed by atoms with E-state index in [0.29, 0.717) is 13.0 Å². The monoisotopic (exact) mass is 430 g/mol. The van der Waals surface area contributed by atoms with Crippen LogP contribution in [0.15, 0.2) is 54.6 Å². The summed E-state index contributed by atoms with van der Waals surface area (Å²) in [7, 11) is 0. The van der Waals surface area contributed by atoms with Gasteiger partial charge in [-0.2, -0.15) is 0 Å². The molecule has 3 aromatic rings. The molecule has 2 aliphatic rings. The molecule has 3 heterocycles. The van der Waals surface area contributed by atoms with E-state index in [1.807, 2.05) is 61.5 Å². The molecule has 0 saturated carbocycles. The number of urea groups is 1. The van der Waals surface area contributed by atoms with Crippen molar-refractivity contribution >= 4 is 28.7 Å². The number of fused-ring (bicyclic) bond motifs is 5. The minimum absolute atomic E-state index is 0.238. The van der Waals surface area contributed by atoms with Gasteiger partial charge in [0.2, 0.25) is 5.91 Å². The Hall–Kier alpha value is -3.61. The van der Waals surface area contributed by atoms with Crippen LogP contribution in [-0.4, -0.2) is 45.2 Å². The van der Waals surface area contributed by atoms with Crippen molar-refractivity contribution in [1.29, 1.82) is 0 Å². The molecule has 2 N–H and O–H groups in total. The molecular formula is C25H26N4O3. The molecular weight excluding hydrogens is 404 g/mol. The Balaban J connectivity index is 1.45. The lowest BCUT2D eigenvalue weighted by Crippen LogP contribution is -2.50. The van der Waals surface area contributed by atoms with Gasteiger partial charge in [0.1, 0.15) is 6.04 Å². The third-order valence-electron chi connectivity index (χ3n) is 6.92. The van der Waals surface area contributed by atoms with Crippen molar-refractivity contribution in [2.45, 2.75) is 44.8 Å². The van der Waals surface area contributed by atoms with Crippen LogP contribution in [0, 0.1) is 0 Å². The van der Waals surface area contributed by atoms with Crippen molar-refractivity contribution in [1.82, 2.24) is 20.1 Å². The van der Waals surface area contributed by atoms with E-state index < -0.39 is 17.6 Å². The Kier molecular flexibility index (Phi) is 4.58. The highest BCUT2D eigenvalue weighted by molar-refractivity contribution is 6.11. The van der Waals surface area contributed by atoms with Crippen LogP contribution in [0.2, 0.25) is 0 Å². The van der Waals surface area contributed by atoms with Crippen LogP contribution >= 0.6 is 0 Å².